The predicted molar refractivity (Wildman–Crippen MR) is 197 cm³/mol. The van der Waals surface area contributed by atoms with Crippen molar-refractivity contribution in [2.75, 3.05) is 0 Å². The molecule has 0 aliphatic heterocycles. The fourth-order valence-corrected chi connectivity index (χ4v) is 7.81. The Bertz CT molecular complexity index is 2430. The van der Waals surface area contributed by atoms with Gasteiger partial charge in [-0.3, -0.25) is 0 Å². The van der Waals surface area contributed by atoms with Crippen LogP contribution in [-0.4, -0.2) is 9.55 Å². The Morgan fingerprint density at radius 1 is 0.511 bits per heavy atom. The van der Waals surface area contributed by atoms with Crippen LogP contribution in [0.1, 0.15) is 30.5 Å². The molecule has 6 aromatic carbocycles. The SMILES string of the molecule is Cc1cc(-n2c3ccccc3c3ccc4c(c32)-c2ccccc2C4(C)C)ccc1-c1cc(-c2ccccc2)cc(-c2ccccc2)n1. The van der Waals surface area contributed by atoms with E-state index in [1.54, 1.807) is 0 Å². The highest BCUT2D eigenvalue weighted by atomic mass is 15.0. The lowest BCUT2D eigenvalue weighted by Gasteiger charge is -2.21. The minimum atomic E-state index is -0.0624. The van der Waals surface area contributed by atoms with E-state index in [0.29, 0.717) is 0 Å². The number of nitrogens with zero attached hydrogens (tertiary/aromatic N) is 2. The third-order valence-electron chi connectivity index (χ3n) is 10.1. The van der Waals surface area contributed by atoms with Crippen LogP contribution in [0, 0.1) is 6.92 Å². The summed E-state index contributed by atoms with van der Waals surface area (Å²) in [5.74, 6) is 0. The molecular weight excluding hydrogens is 569 g/mol. The predicted octanol–water partition coefficient (Wildman–Crippen LogP) is 11.8. The van der Waals surface area contributed by atoms with Gasteiger partial charge < -0.3 is 4.57 Å². The number of para-hydroxylation sites is 1. The van der Waals surface area contributed by atoms with Crippen molar-refractivity contribution < 1.29 is 0 Å². The highest BCUT2D eigenvalue weighted by Gasteiger charge is 2.37. The van der Waals surface area contributed by atoms with Crippen molar-refractivity contribution in [3.05, 3.63) is 168 Å². The molecule has 224 valence electrons. The average Bonchev–Trinajstić information content (AvgIpc) is 3.58. The summed E-state index contributed by atoms with van der Waals surface area (Å²) in [6.45, 7) is 6.93. The molecule has 9 rings (SSSR count). The Morgan fingerprint density at radius 2 is 1.19 bits per heavy atom. The maximum atomic E-state index is 5.23. The van der Waals surface area contributed by atoms with Gasteiger partial charge in [-0.15, -0.1) is 0 Å². The molecule has 2 nitrogen and oxygen atoms in total. The molecular formula is C45H34N2. The molecule has 2 heteroatoms. The molecule has 47 heavy (non-hydrogen) atoms. The van der Waals surface area contributed by atoms with Crippen molar-refractivity contribution in [1.29, 1.82) is 0 Å². The summed E-state index contributed by atoms with van der Waals surface area (Å²) in [7, 11) is 0. The lowest BCUT2D eigenvalue weighted by Crippen LogP contribution is -2.14. The maximum Gasteiger partial charge on any atom is 0.0718 e. The lowest BCUT2D eigenvalue weighted by atomic mass is 9.82. The Kier molecular flexibility index (Phi) is 6.10. The molecule has 0 N–H and O–H groups in total. The first-order valence-electron chi connectivity index (χ1n) is 16.4. The number of hydrogen-bond donors (Lipinski definition) is 0. The van der Waals surface area contributed by atoms with Crippen molar-refractivity contribution in [3.8, 4) is 50.5 Å². The molecule has 1 aliphatic carbocycles. The third-order valence-corrected chi connectivity index (χ3v) is 10.1. The van der Waals surface area contributed by atoms with E-state index in [-0.39, 0.29) is 5.41 Å². The molecule has 0 amide bonds. The maximum absolute atomic E-state index is 5.23. The number of hydrogen-bond acceptors (Lipinski definition) is 1. The highest BCUT2D eigenvalue weighted by molar-refractivity contribution is 6.15. The van der Waals surface area contributed by atoms with E-state index >= 15 is 0 Å². The molecule has 0 saturated heterocycles. The number of benzene rings is 6. The van der Waals surface area contributed by atoms with E-state index in [4.69, 9.17) is 4.98 Å². The van der Waals surface area contributed by atoms with Crippen LogP contribution < -0.4 is 0 Å². The number of aromatic nitrogens is 2. The number of fused-ring (bicyclic) bond motifs is 7. The molecule has 0 bridgehead atoms. The molecule has 0 spiro atoms. The van der Waals surface area contributed by atoms with Crippen LogP contribution in [0.25, 0.3) is 72.3 Å². The number of pyridine rings is 1. The Balaban J connectivity index is 1.27. The van der Waals surface area contributed by atoms with E-state index in [1.807, 2.05) is 0 Å². The van der Waals surface area contributed by atoms with Crippen LogP contribution >= 0.6 is 0 Å². The smallest absolute Gasteiger partial charge is 0.0718 e. The molecule has 2 heterocycles. The van der Waals surface area contributed by atoms with Crippen molar-refractivity contribution in [3.63, 3.8) is 0 Å². The molecule has 0 fully saturated rings. The first-order chi connectivity index (χ1) is 23.0. The molecule has 0 unspecified atom stereocenters. The lowest BCUT2D eigenvalue weighted by molar-refractivity contribution is 0.661. The van der Waals surface area contributed by atoms with Crippen LogP contribution in [0.4, 0.5) is 0 Å². The molecule has 8 aromatic rings. The van der Waals surface area contributed by atoms with Gasteiger partial charge in [0.15, 0.2) is 0 Å². The Hall–Kier alpha value is -5.73. The van der Waals surface area contributed by atoms with Crippen LogP contribution in [0.3, 0.4) is 0 Å². The van der Waals surface area contributed by atoms with E-state index in [9.17, 15) is 0 Å². The molecule has 0 radical (unpaired) electrons. The van der Waals surface area contributed by atoms with Gasteiger partial charge in [0.1, 0.15) is 0 Å². The average molecular weight is 603 g/mol. The molecule has 2 aromatic heterocycles. The highest BCUT2D eigenvalue weighted by Crippen LogP contribution is 2.52. The van der Waals surface area contributed by atoms with Gasteiger partial charge >= 0.3 is 0 Å². The monoisotopic (exact) mass is 602 g/mol. The van der Waals surface area contributed by atoms with Gasteiger partial charge in [-0.2, -0.15) is 0 Å². The minimum Gasteiger partial charge on any atom is -0.309 e. The van der Waals surface area contributed by atoms with E-state index in [1.165, 1.54) is 55.2 Å². The number of rotatable bonds is 4. The zero-order valence-electron chi connectivity index (χ0n) is 26.8. The summed E-state index contributed by atoms with van der Waals surface area (Å²) in [6.07, 6.45) is 0. The largest absolute Gasteiger partial charge is 0.309 e. The van der Waals surface area contributed by atoms with Crippen LogP contribution in [-0.2, 0) is 5.41 Å². The first kappa shape index (κ1) is 27.6. The van der Waals surface area contributed by atoms with Crippen molar-refractivity contribution in [1.82, 2.24) is 9.55 Å². The zero-order valence-corrected chi connectivity index (χ0v) is 26.8. The Morgan fingerprint density at radius 3 is 1.98 bits per heavy atom. The van der Waals surface area contributed by atoms with Crippen LogP contribution in [0.5, 0.6) is 0 Å². The third kappa shape index (κ3) is 4.22. The summed E-state index contributed by atoms with van der Waals surface area (Å²) >= 11 is 0. The van der Waals surface area contributed by atoms with Gasteiger partial charge in [0.2, 0.25) is 0 Å². The van der Waals surface area contributed by atoms with Crippen molar-refractivity contribution in [2.45, 2.75) is 26.2 Å². The second-order valence-corrected chi connectivity index (χ2v) is 13.3. The summed E-state index contributed by atoms with van der Waals surface area (Å²) in [5, 5.41) is 2.57. The van der Waals surface area contributed by atoms with Crippen molar-refractivity contribution in [2.24, 2.45) is 0 Å². The quantitative estimate of drug-likeness (QED) is 0.196. The summed E-state index contributed by atoms with van der Waals surface area (Å²) in [5.41, 5.74) is 16.8. The topological polar surface area (TPSA) is 17.8 Å². The molecule has 1 aliphatic rings. The summed E-state index contributed by atoms with van der Waals surface area (Å²) in [6, 6.07) is 54.9. The molecule has 0 saturated carbocycles. The second kappa shape index (κ2) is 10.4. The van der Waals surface area contributed by atoms with Gasteiger partial charge in [0.25, 0.3) is 0 Å². The fraction of sp³-hybridized carbons (Fsp3) is 0.0889. The van der Waals surface area contributed by atoms with E-state index in [2.05, 4.69) is 177 Å². The van der Waals surface area contributed by atoms with Gasteiger partial charge in [-0.05, 0) is 70.6 Å². The van der Waals surface area contributed by atoms with Gasteiger partial charge in [0, 0.05) is 38.6 Å². The van der Waals surface area contributed by atoms with Crippen LogP contribution in [0.2, 0.25) is 0 Å². The van der Waals surface area contributed by atoms with Crippen molar-refractivity contribution >= 4 is 21.8 Å². The standard InChI is InChI=1S/C45H34N2/c1-29-26-33(22-23-34(29)41-28-32(30-14-6-4-7-15-30)27-40(46-41)31-16-8-5-9-17-31)47-42-21-13-11-18-35(42)36-24-25-39-43(44(36)47)37-19-10-12-20-38(37)45(39,2)3/h4-28H,1-3H3. The zero-order chi connectivity index (χ0) is 31.7. The van der Waals surface area contributed by atoms with Gasteiger partial charge in [-0.1, -0.05) is 135 Å². The Labute approximate surface area is 275 Å². The summed E-state index contributed by atoms with van der Waals surface area (Å²) in [4.78, 5) is 5.23. The van der Waals surface area contributed by atoms with Crippen LogP contribution in [0.15, 0.2) is 152 Å². The van der Waals surface area contributed by atoms with E-state index < -0.39 is 0 Å². The van der Waals surface area contributed by atoms with Gasteiger partial charge in [-0.25, -0.2) is 4.98 Å². The van der Waals surface area contributed by atoms with Gasteiger partial charge in [0.05, 0.1) is 22.4 Å². The van der Waals surface area contributed by atoms with E-state index in [0.717, 1.165) is 33.8 Å². The first-order valence-corrected chi connectivity index (χ1v) is 16.4. The second-order valence-electron chi connectivity index (χ2n) is 13.3. The fourth-order valence-electron chi connectivity index (χ4n) is 7.81. The normalized spacial score (nSPS) is 13.2. The summed E-state index contributed by atoms with van der Waals surface area (Å²) < 4.78 is 2.49. The molecule has 0 atom stereocenters. The minimum absolute atomic E-state index is 0.0624. The number of aryl methyl sites for hydroxylation is 1.